The number of ketones is 2. The van der Waals surface area contributed by atoms with Crippen molar-refractivity contribution in [3.63, 3.8) is 0 Å². The average molecular weight is 427 g/mol. The molecule has 33 heavy (non-hydrogen) atoms. The van der Waals surface area contributed by atoms with Crippen LogP contribution in [-0.4, -0.2) is 11.6 Å². The number of carbonyl (C=O) groups excluding carboxylic acids is 2. The van der Waals surface area contributed by atoms with Gasteiger partial charge in [-0.1, -0.05) is 109 Å². The molecule has 2 bridgehead atoms. The quantitative estimate of drug-likeness (QED) is 0.348. The van der Waals surface area contributed by atoms with E-state index in [1.807, 2.05) is 84.9 Å². The SMILES string of the molecule is CC12C(C(=O)c3ccccc3)=C(C(=O)c3ccccc3)C(c3ccccc31)c1ccccc12. The number of hydrogen-bond acceptors (Lipinski definition) is 2. The Morgan fingerprint density at radius 2 is 1.00 bits per heavy atom. The maximum absolute atomic E-state index is 14.2. The van der Waals surface area contributed by atoms with Gasteiger partial charge in [0.2, 0.25) is 0 Å². The molecular weight excluding hydrogens is 404 g/mol. The molecule has 4 aromatic rings. The van der Waals surface area contributed by atoms with E-state index in [-0.39, 0.29) is 17.5 Å². The first-order chi connectivity index (χ1) is 16.1. The molecule has 4 aromatic carbocycles. The number of rotatable bonds is 4. The van der Waals surface area contributed by atoms with Crippen LogP contribution in [0.1, 0.15) is 55.8 Å². The highest BCUT2D eigenvalue weighted by Crippen LogP contribution is 2.59. The third-order valence-corrected chi connectivity index (χ3v) is 7.22. The summed E-state index contributed by atoms with van der Waals surface area (Å²) in [5, 5.41) is 0. The number of carbonyl (C=O) groups is 2. The molecular formula is C31H22O2. The Labute approximate surface area is 193 Å². The number of allylic oxidation sites excluding steroid dienone is 2. The van der Waals surface area contributed by atoms with Gasteiger partial charge in [0.05, 0.1) is 0 Å². The van der Waals surface area contributed by atoms with E-state index in [4.69, 9.17) is 0 Å². The van der Waals surface area contributed by atoms with Gasteiger partial charge in [0, 0.05) is 33.6 Å². The molecule has 7 rings (SSSR count). The van der Waals surface area contributed by atoms with Gasteiger partial charge in [0.15, 0.2) is 11.6 Å². The maximum Gasteiger partial charge on any atom is 0.190 e. The van der Waals surface area contributed by atoms with Crippen molar-refractivity contribution >= 4 is 11.6 Å². The highest BCUT2D eigenvalue weighted by atomic mass is 16.1. The minimum atomic E-state index is -0.714. The Morgan fingerprint density at radius 3 is 1.52 bits per heavy atom. The fourth-order valence-corrected chi connectivity index (χ4v) is 5.79. The van der Waals surface area contributed by atoms with Crippen LogP contribution in [0.4, 0.5) is 0 Å². The zero-order valence-electron chi connectivity index (χ0n) is 18.3. The molecule has 0 aliphatic heterocycles. The maximum atomic E-state index is 14.2. The van der Waals surface area contributed by atoms with E-state index in [9.17, 15) is 9.59 Å². The molecule has 0 unspecified atom stereocenters. The zero-order valence-corrected chi connectivity index (χ0v) is 18.3. The number of hydrogen-bond donors (Lipinski definition) is 0. The molecule has 0 saturated carbocycles. The Kier molecular flexibility index (Phi) is 4.31. The summed E-state index contributed by atoms with van der Waals surface area (Å²) >= 11 is 0. The van der Waals surface area contributed by atoms with Crippen molar-refractivity contribution in [3.05, 3.63) is 154 Å². The van der Waals surface area contributed by atoms with E-state index in [1.165, 1.54) is 0 Å². The van der Waals surface area contributed by atoms with Crippen molar-refractivity contribution < 1.29 is 9.59 Å². The summed E-state index contributed by atoms with van der Waals surface area (Å²) in [4.78, 5) is 28.2. The second-order valence-electron chi connectivity index (χ2n) is 8.91. The molecule has 3 aliphatic rings. The molecule has 2 nitrogen and oxygen atoms in total. The van der Waals surface area contributed by atoms with Crippen LogP contribution in [0.15, 0.2) is 120 Å². The fourth-order valence-electron chi connectivity index (χ4n) is 5.79. The van der Waals surface area contributed by atoms with E-state index >= 15 is 0 Å². The van der Waals surface area contributed by atoms with Gasteiger partial charge in [-0.3, -0.25) is 9.59 Å². The smallest absolute Gasteiger partial charge is 0.190 e. The second-order valence-corrected chi connectivity index (χ2v) is 8.91. The van der Waals surface area contributed by atoms with Gasteiger partial charge in [-0.05, 0) is 29.2 Å². The highest BCUT2D eigenvalue weighted by molar-refractivity contribution is 6.21. The van der Waals surface area contributed by atoms with E-state index in [0.717, 1.165) is 22.3 Å². The van der Waals surface area contributed by atoms with Crippen LogP contribution < -0.4 is 0 Å². The van der Waals surface area contributed by atoms with Crippen molar-refractivity contribution in [3.8, 4) is 0 Å². The Bertz CT molecular complexity index is 1400. The summed E-state index contributed by atoms with van der Waals surface area (Å²) in [5.74, 6) is -0.420. The van der Waals surface area contributed by atoms with Crippen LogP contribution in [0, 0.1) is 0 Å². The highest BCUT2D eigenvalue weighted by Gasteiger charge is 2.53. The van der Waals surface area contributed by atoms with Gasteiger partial charge in [-0.25, -0.2) is 0 Å². The predicted molar refractivity (Wildman–Crippen MR) is 130 cm³/mol. The first-order valence-corrected chi connectivity index (χ1v) is 11.3. The van der Waals surface area contributed by atoms with Gasteiger partial charge in [-0.15, -0.1) is 0 Å². The molecule has 0 atom stereocenters. The number of Topliss-reactive ketones (excluding diaryl/α,β-unsaturated/α-hetero) is 2. The summed E-state index contributed by atoms with van der Waals surface area (Å²) in [7, 11) is 0. The minimum absolute atomic E-state index is 0.0740. The minimum Gasteiger partial charge on any atom is -0.289 e. The third kappa shape index (κ3) is 2.67. The van der Waals surface area contributed by atoms with Crippen LogP contribution in [-0.2, 0) is 5.41 Å². The molecule has 0 radical (unpaired) electrons. The Morgan fingerprint density at radius 1 is 0.576 bits per heavy atom. The van der Waals surface area contributed by atoms with Gasteiger partial charge in [0.1, 0.15) is 0 Å². The van der Waals surface area contributed by atoms with E-state index in [2.05, 4.69) is 31.2 Å². The lowest BCUT2D eigenvalue weighted by Gasteiger charge is -2.49. The molecule has 0 spiro atoms. The van der Waals surface area contributed by atoms with Crippen LogP contribution in [0.3, 0.4) is 0 Å². The molecule has 3 aliphatic carbocycles. The number of benzene rings is 4. The molecule has 158 valence electrons. The van der Waals surface area contributed by atoms with Gasteiger partial charge < -0.3 is 0 Å². The fraction of sp³-hybridized carbons (Fsp3) is 0.0968. The summed E-state index contributed by atoms with van der Waals surface area (Å²) in [6.07, 6.45) is 0. The molecule has 0 fully saturated rings. The summed E-state index contributed by atoms with van der Waals surface area (Å²) < 4.78 is 0. The van der Waals surface area contributed by atoms with E-state index in [0.29, 0.717) is 22.3 Å². The van der Waals surface area contributed by atoms with E-state index < -0.39 is 5.41 Å². The summed E-state index contributed by atoms with van der Waals surface area (Å²) in [5.41, 5.74) is 6.15. The van der Waals surface area contributed by atoms with Crippen molar-refractivity contribution in [1.29, 1.82) is 0 Å². The molecule has 0 amide bonds. The first kappa shape index (κ1) is 19.6. The lowest BCUT2D eigenvalue weighted by molar-refractivity contribution is 0.0980. The van der Waals surface area contributed by atoms with Gasteiger partial charge in [-0.2, -0.15) is 0 Å². The van der Waals surface area contributed by atoms with Crippen molar-refractivity contribution in [1.82, 2.24) is 0 Å². The van der Waals surface area contributed by atoms with Crippen LogP contribution in [0.25, 0.3) is 0 Å². The standard InChI is InChI=1S/C31H22O2/c1-31-24-18-10-8-16-22(24)26(23-17-9-11-19-25(23)31)27(29(32)20-12-4-2-5-13-20)28(31)30(33)21-14-6-3-7-15-21/h2-19,26H,1H3. The van der Waals surface area contributed by atoms with Crippen molar-refractivity contribution in [2.75, 3.05) is 0 Å². The Hall–Kier alpha value is -4.04. The van der Waals surface area contributed by atoms with Crippen LogP contribution in [0.2, 0.25) is 0 Å². The zero-order chi connectivity index (χ0) is 22.6. The molecule has 2 heteroatoms. The monoisotopic (exact) mass is 426 g/mol. The van der Waals surface area contributed by atoms with Crippen LogP contribution in [0.5, 0.6) is 0 Å². The third-order valence-electron chi connectivity index (χ3n) is 7.22. The van der Waals surface area contributed by atoms with Crippen LogP contribution >= 0.6 is 0 Å². The topological polar surface area (TPSA) is 34.1 Å². The van der Waals surface area contributed by atoms with Crippen molar-refractivity contribution in [2.45, 2.75) is 18.3 Å². The normalized spacial score (nSPS) is 20.2. The largest absolute Gasteiger partial charge is 0.289 e. The first-order valence-electron chi connectivity index (χ1n) is 11.3. The Balaban J connectivity index is 1.72. The predicted octanol–water partition coefficient (Wildman–Crippen LogP) is 6.51. The molecule has 0 aromatic heterocycles. The molecule has 0 N–H and O–H groups in total. The summed E-state index contributed by atoms with van der Waals surface area (Å²) in [6, 6.07) is 35.2. The van der Waals surface area contributed by atoms with Gasteiger partial charge >= 0.3 is 0 Å². The van der Waals surface area contributed by atoms with Crippen molar-refractivity contribution in [2.24, 2.45) is 0 Å². The molecule has 0 heterocycles. The van der Waals surface area contributed by atoms with Gasteiger partial charge in [0.25, 0.3) is 0 Å². The summed E-state index contributed by atoms with van der Waals surface area (Å²) in [6.45, 7) is 2.11. The molecule has 0 saturated heterocycles. The second kappa shape index (κ2) is 7.25. The lowest BCUT2D eigenvalue weighted by Crippen LogP contribution is -2.44. The van der Waals surface area contributed by atoms with E-state index in [1.54, 1.807) is 0 Å². The lowest BCUT2D eigenvalue weighted by atomic mass is 9.52. The average Bonchev–Trinajstić information content (AvgIpc) is 2.89.